The molecule has 1 aromatic rings. The predicted molar refractivity (Wildman–Crippen MR) is 82.3 cm³/mol. The first-order chi connectivity index (χ1) is 9.26. The fourth-order valence-electron chi connectivity index (χ4n) is 3.46. The van der Waals surface area contributed by atoms with Gasteiger partial charge in [-0.1, -0.05) is 44.2 Å². The van der Waals surface area contributed by atoms with Crippen LogP contribution in [0.5, 0.6) is 0 Å². The van der Waals surface area contributed by atoms with E-state index in [2.05, 4.69) is 61.3 Å². The second kappa shape index (κ2) is 7.06. The zero-order chi connectivity index (χ0) is 13.7. The van der Waals surface area contributed by atoms with Gasteiger partial charge in [0.15, 0.2) is 0 Å². The number of hydrogen-bond donors (Lipinski definition) is 1. The Balaban J connectivity index is 2.04. The van der Waals surface area contributed by atoms with Crippen molar-refractivity contribution in [3.8, 4) is 0 Å². The van der Waals surface area contributed by atoms with Gasteiger partial charge in [0.2, 0.25) is 0 Å². The first kappa shape index (κ1) is 14.5. The van der Waals surface area contributed by atoms with E-state index in [9.17, 15) is 0 Å². The number of nitrogens with one attached hydrogen (secondary N) is 1. The van der Waals surface area contributed by atoms with E-state index in [1.165, 1.54) is 31.4 Å². The summed E-state index contributed by atoms with van der Waals surface area (Å²) >= 11 is 0. The third kappa shape index (κ3) is 3.58. The highest BCUT2D eigenvalue weighted by atomic mass is 15.2. The van der Waals surface area contributed by atoms with Crippen LogP contribution >= 0.6 is 0 Å². The lowest BCUT2D eigenvalue weighted by Gasteiger charge is -2.42. The van der Waals surface area contributed by atoms with Crippen molar-refractivity contribution in [2.75, 3.05) is 13.1 Å². The number of likely N-dealkylation sites (tertiary alicyclic amines) is 1. The summed E-state index contributed by atoms with van der Waals surface area (Å²) in [7, 11) is 0. The molecule has 0 bridgehead atoms. The molecule has 2 heteroatoms. The Hall–Kier alpha value is -0.860. The van der Waals surface area contributed by atoms with Gasteiger partial charge in [-0.05, 0) is 38.3 Å². The van der Waals surface area contributed by atoms with E-state index < -0.39 is 0 Å². The van der Waals surface area contributed by atoms with Crippen molar-refractivity contribution in [1.29, 1.82) is 0 Å². The molecule has 1 heterocycles. The molecule has 1 fully saturated rings. The Bertz CT molecular complexity index is 363. The van der Waals surface area contributed by atoms with E-state index in [4.69, 9.17) is 0 Å². The number of nitrogens with zero attached hydrogens (tertiary/aromatic N) is 1. The van der Waals surface area contributed by atoms with E-state index in [1.807, 2.05) is 0 Å². The van der Waals surface area contributed by atoms with E-state index >= 15 is 0 Å². The average Bonchev–Trinajstić information content (AvgIpc) is 2.43. The van der Waals surface area contributed by atoms with Gasteiger partial charge in [-0.15, -0.1) is 0 Å². The summed E-state index contributed by atoms with van der Waals surface area (Å²) in [5.41, 5.74) is 1.47. The molecule has 0 aromatic heterocycles. The molecular formula is C17H28N2. The number of rotatable bonds is 5. The Kier molecular flexibility index (Phi) is 5.41. The van der Waals surface area contributed by atoms with Crippen molar-refractivity contribution in [2.45, 2.75) is 58.2 Å². The average molecular weight is 260 g/mol. The van der Waals surface area contributed by atoms with Crippen LogP contribution in [0.1, 0.15) is 51.6 Å². The molecule has 2 rings (SSSR count). The van der Waals surface area contributed by atoms with Crippen LogP contribution < -0.4 is 5.32 Å². The van der Waals surface area contributed by atoms with Crippen LogP contribution in [-0.4, -0.2) is 30.1 Å². The van der Waals surface area contributed by atoms with Crippen molar-refractivity contribution in [3.05, 3.63) is 35.9 Å². The molecule has 3 unspecified atom stereocenters. The lowest BCUT2D eigenvalue weighted by atomic mass is 9.93. The van der Waals surface area contributed by atoms with E-state index in [0.29, 0.717) is 18.1 Å². The van der Waals surface area contributed by atoms with Crippen LogP contribution in [-0.2, 0) is 0 Å². The molecule has 1 aromatic carbocycles. The molecule has 2 nitrogen and oxygen atoms in total. The maximum absolute atomic E-state index is 3.61. The molecule has 19 heavy (non-hydrogen) atoms. The van der Waals surface area contributed by atoms with Crippen LogP contribution in [0.15, 0.2) is 30.3 Å². The number of benzene rings is 1. The predicted octanol–water partition coefficient (Wildman–Crippen LogP) is 3.60. The van der Waals surface area contributed by atoms with Gasteiger partial charge in [-0.2, -0.15) is 0 Å². The fraction of sp³-hybridized carbons (Fsp3) is 0.647. The Morgan fingerprint density at radius 2 is 2.00 bits per heavy atom. The summed E-state index contributed by atoms with van der Waals surface area (Å²) in [6, 6.07) is 12.9. The van der Waals surface area contributed by atoms with Crippen molar-refractivity contribution in [3.63, 3.8) is 0 Å². The standard InChI is InChI=1S/C17H28N2/c1-4-17(15-9-7-6-8-10-15)19-12-11-16(18-5-2)13-14(19)3/h6-10,14,16-18H,4-5,11-13H2,1-3H3. The Labute approximate surface area is 118 Å². The zero-order valence-electron chi connectivity index (χ0n) is 12.6. The van der Waals surface area contributed by atoms with Gasteiger partial charge in [-0.25, -0.2) is 0 Å². The summed E-state index contributed by atoms with van der Waals surface area (Å²) in [5.74, 6) is 0. The minimum absolute atomic E-state index is 0.582. The van der Waals surface area contributed by atoms with Crippen LogP contribution in [0.25, 0.3) is 0 Å². The summed E-state index contributed by atoms with van der Waals surface area (Å²) < 4.78 is 0. The third-order valence-electron chi connectivity index (χ3n) is 4.39. The summed E-state index contributed by atoms with van der Waals surface area (Å²) in [4.78, 5) is 2.70. The fourth-order valence-corrected chi connectivity index (χ4v) is 3.46. The summed E-state index contributed by atoms with van der Waals surface area (Å²) in [5, 5.41) is 3.61. The normalized spacial score (nSPS) is 26.3. The van der Waals surface area contributed by atoms with Crippen molar-refractivity contribution >= 4 is 0 Å². The van der Waals surface area contributed by atoms with Gasteiger partial charge in [0.25, 0.3) is 0 Å². The lowest BCUT2D eigenvalue weighted by molar-refractivity contribution is 0.0853. The molecule has 3 atom stereocenters. The Morgan fingerprint density at radius 1 is 1.26 bits per heavy atom. The third-order valence-corrected chi connectivity index (χ3v) is 4.39. The molecule has 1 aliphatic heterocycles. The minimum Gasteiger partial charge on any atom is -0.314 e. The van der Waals surface area contributed by atoms with E-state index in [1.54, 1.807) is 0 Å². The van der Waals surface area contributed by atoms with Crippen LogP contribution in [0.2, 0.25) is 0 Å². The van der Waals surface area contributed by atoms with Crippen molar-refractivity contribution in [2.24, 2.45) is 0 Å². The van der Waals surface area contributed by atoms with Crippen LogP contribution in [0, 0.1) is 0 Å². The molecule has 0 aliphatic carbocycles. The summed E-state index contributed by atoms with van der Waals surface area (Å²) in [6.07, 6.45) is 3.75. The molecule has 106 valence electrons. The highest BCUT2D eigenvalue weighted by Crippen LogP contribution is 2.30. The molecule has 0 spiro atoms. The quantitative estimate of drug-likeness (QED) is 0.870. The van der Waals surface area contributed by atoms with Gasteiger partial charge < -0.3 is 5.32 Å². The topological polar surface area (TPSA) is 15.3 Å². The maximum atomic E-state index is 3.61. The minimum atomic E-state index is 0.582. The van der Waals surface area contributed by atoms with Gasteiger partial charge in [-0.3, -0.25) is 4.90 Å². The first-order valence-electron chi connectivity index (χ1n) is 7.80. The molecule has 0 amide bonds. The van der Waals surface area contributed by atoms with E-state index in [0.717, 1.165) is 6.54 Å². The largest absolute Gasteiger partial charge is 0.314 e. The van der Waals surface area contributed by atoms with Crippen molar-refractivity contribution < 1.29 is 0 Å². The zero-order valence-corrected chi connectivity index (χ0v) is 12.6. The maximum Gasteiger partial charge on any atom is 0.0348 e. The SMILES string of the molecule is CCNC1CCN(C(CC)c2ccccc2)C(C)C1. The van der Waals surface area contributed by atoms with Crippen LogP contribution in [0.4, 0.5) is 0 Å². The number of piperidine rings is 1. The second-order valence-corrected chi connectivity index (χ2v) is 5.70. The van der Waals surface area contributed by atoms with Crippen LogP contribution in [0.3, 0.4) is 0 Å². The first-order valence-corrected chi connectivity index (χ1v) is 7.80. The molecule has 0 saturated carbocycles. The van der Waals surface area contributed by atoms with Crippen molar-refractivity contribution in [1.82, 2.24) is 10.2 Å². The van der Waals surface area contributed by atoms with Gasteiger partial charge in [0.1, 0.15) is 0 Å². The number of hydrogen-bond acceptors (Lipinski definition) is 2. The molecule has 0 radical (unpaired) electrons. The lowest BCUT2D eigenvalue weighted by Crippen LogP contribution is -2.48. The second-order valence-electron chi connectivity index (χ2n) is 5.70. The highest BCUT2D eigenvalue weighted by Gasteiger charge is 2.29. The van der Waals surface area contributed by atoms with Gasteiger partial charge in [0.05, 0.1) is 0 Å². The molecular weight excluding hydrogens is 232 g/mol. The van der Waals surface area contributed by atoms with E-state index in [-0.39, 0.29) is 0 Å². The summed E-state index contributed by atoms with van der Waals surface area (Å²) in [6.45, 7) is 9.20. The molecule has 1 N–H and O–H groups in total. The molecule has 1 aliphatic rings. The van der Waals surface area contributed by atoms with Gasteiger partial charge in [0, 0.05) is 24.7 Å². The van der Waals surface area contributed by atoms with Gasteiger partial charge >= 0.3 is 0 Å². The highest BCUT2D eigenvalue weighted by molar-refractivity contribution is 5.19. The monoisotopic (exact) mass is 260 g/mol. The Morgan fingerprint density at radius 3 is 2.58 bits per heavy atom. The smallest absolute Gasteiger partial charge is 0.0348 e. The molecule has 1 saturated heterocycles.